The Hall–Kier alpha value is -2.17. The summed E-state index contributed by atoms with van der Waals surface area (Å²) in [6, 6.07) is 3.81. The summed E-state index contributed by atoms with van der Waals surface area (Å²) in [5, 5.41) is 3.35. The zero-order chi connectivity index (χ0) is 14.4. The predicted molar refractivity (Wildman–Crippen MR) is 80.0 cm³/mol. The summed E-state index contributed by atoms with van der Waals surface area (Å²) in [6.07, 6.45) is 5.31. The second-order valence-corrected chi connectivity index (χ2v) is 4.42. The highest BCUT2D eigenvalue weighted by Gasteiger charge is 2.11. The fourth-order valence-corrected chi connectivity index (χ4v) is 2.03. The van der Waals surface area contributed by atoms with Crippen LogP contribution in [0.1, 0.15) is 25.8 Å². The minimum atomic E-state index is 0.602. The second kappa shape index (κ2) is 6.84. The quantitative estimate of drug-likeness (QED) is 0.876. The van der Waals surface area contributed by atoms with Crippen LogP contribution < -0.4 is 10.1 Å². The van der Waals surface area contributed by atoms with Crippen LogP contribution in [-0.4, -0.2) is 28.6 Å². The molecule has 5 nitrogen and oxygen atoms in total. The third-order valence-electron chi connectivity index (χ3n) is 3.06. The molecule has 0 amide bonds. The van der Waals surface area contributed by atoms with Crippen molar-refractivity contribution in [3.63, 3.8) is 0 Å². The Bertz CT molecular complexity index is 554. The van der Waals surface area contributed by atoms with Gasteiger partial charge in [-0.2, -0.15) is 0 Å². The fourth-order valence-electron chi connectivity index (χ4n) is 2.03. The Morgan fingerprint density at radius 3 is 2.60 bits per heavy atom. The molecule has 20 heavy (non-hydrogen) atoms. The number of methoxy groups -OCH3 is 1. The Labute approximate surface area is 119 Å². The molecule has 0 aliphatic rings. The molecule has 0 unspecified atom stereocenters. The van der Waals surface area contributed by atoms with Crippen LogP contribution in [0.25, 0.3) is 11.3 Å². The van der Waals surface area contributed by atoms with Crippen LogP contribution >= 0.6 is 0 Å². The lowest BCUT2D eigenvalue weighted by Gasteiger charge is -2.12. The van der Waals surface area contributed by atoms with Crippen LogP contribution in [0.5, 0.6) is 5.88 Å². The topological polar surface area (TPSA) is 59.9 Å². The lowest BCUT2D eigenvalue weighted by atomic mass is 10.1. The summed E-state index contributed by atoms with van der Waals surface area (Å²) in [5.74, 6) is 1.51. The van der Waals surface area contributed by atoms with E-state index in [-0.39, 0.29) is 0 Å². The van der Waals surface area contributed by atoms with Crippen molar-refractivity contribution < 1.29 is 4.74 Å². The molecule has 5 heteroatoms. The molecular weight excluding hydrogens is 252 g/mol. The van der Waals surface area contributed by atoms with Gasteiger partial charge < -0.3 is 10.1 Å². The Balaban J connectivity index is 2.38. The Morgan fingerprint density at radius 2 is 2.00 bits per heavy atom. The SMILES string of the molecule is CCCNc1ncnc(-c2ccc(OC)nc2)c1CC. The van der Waals surface area contributed by atoms with Gasteiger partial charge in [0, 0.05) is 29.9 Å². The number of anilines is 1. The molecule has 0 spiro atoms. The minimum absolute atomic E-state index is 0.602. The molecule has 0 saturated carbocycles. The second-order valence-electron chi connectivity index (χ2n) is 4.42. The standard InChI is InChI=1S/C15H20N4O/c1-4-8-16-15-12(5-2)14(18-10-19-15)11-6-7-13(20-3)17-9-11/h6-7,9-10H,4-5,8H2,1-3H3,(H,16,18,19). The molecule has 2 rings (SSSR count). The molecule has 0 aromatic carbocycles. The van der Waals surface area contributed by atoms with Gasteiger partial charge in [0.25, 0.3) is 0 Å². The maximum atomic E-state index is 5.08. The molecule has 2 aromatic rings. The molecule has 0 bridgehead atoms. The van der Waals surface area contributed by atoms with Crippen molar-refractivity contribution in [2.45, 2.75) is 26.7 Å². The first-order valence-electron chi connectivity index (χ1n) is 6.88. The lowest BCUT2D eigenvalue weighted by Crippen LogP contribution is -2.07. The van der Waals surface area contributed by atoms with Crippen molar-refractivity contribution in [2.24, 2.45) is 0 Å². The number of nitrogens with one attached hydrogen (secondary N) is 1. The molecule has 0 saturated heterocycles. The highest BCUT2D eigenvalue weighted by atomic mass is 16.5. The molecule has 0 aliphatic heterocycles. The third-order valence-corrected chi connectivity index (χ3v) is 3.06. The van der Waals surface area contributed by atoms with Crippen molar-refractivity contribution in [3.8, 4) is 17.1 Å². The Morgan fingerprint density at radius 1 is 1.15 bits per heavy atom. The van der Waals surface area contributed by atoms with Crippen molar-refractivity contribution in [1.29, 1.82) is 0 Å². The van der Waals surface area contributed by atoms with Gasteiger partial charge in [-0.05, 0) is 18.9 Å². The van der Waals surface area contributed by atoms with Gasteiger partial charge in [-0.1, -0.05) is 13.8 Å². The van der Waals surface area contributed by atoms with Crippen molar-refractivity contribution in [1.82, 2.24) is 15.0 Å². The van der Waals surface area contributed by atoms with Crippen LogP contribution in [0, 0.1) is 0 Å². The third kappa shape index (κ3) is 3.04. The first-order valence-corrected chi connectivity index (χ1v) is 6.88. The average molecular weight is 272 g/mol. The van der Waals surface area contributed by atoms with Crippen LogP contribution in [0.2, 0.25) is 0 Å². The van der Waals surface area contributed by atoms with E-state index in [0.29, 0.717) is 5.88 Å². The first kappa shape index (κ1) is 14.2. The van der Waals surface area contributed by atoms with Gasteiger partial charge in [-0.15, -0.1) is 0 Å². The van der Waals surface area contributed by atoms with E-state index in [1.165, 1.54) is 0 Å². The Kier molecular flexibility index (Phi) is 4.87. The molecule has 0 fully saturated rings. The van der Waals surface area contributed by atoms with Gasteiger partial charge in [0.15, 0.2) is 0 Å². The van der Waals surface area contributed by atoms with Crippen molar-refractivity contribution in [3.05, 3.63) is 30.2 Å². The van der Waals surface area contributed by atoms with Crippen molar-refractivity contribution >= 4 is 5.82 Å². The van der Waals surface area contributed by atoms with Gasteiger partial charge >= 0.3 is 0 Å². The maximum absolute atomic E-state index is 5.08. The maximum Gasteiger partial charge on any atom is 0.212 e. The highest BCUT2D eigenvalue weighted by molar-refractivity contribution is 5.67. The highest BCUT2D eigenvalue weighted by Crippen LogP contribution is 2.26. The van der Waals surface area contributed by atoms with Crippen LogP contribution in [0.4, 0.5) is 5.82 Å². The molecule has 2 heterocycles. The summed E-state index contributed by atoms with van der Waals surface area (Å²) in [5.41, 5.74) is 3.02. The number of hydrogen-bond donors (Lipinski definition) is 1. The summed E-state index contributed by atoms with van der Waals surface area (Å²) in [7, 11) is 1.61. The van der Waals surface area contributed by atoms with Crippen LogP contribution in [-0.2, 0) is 6.42 Å². The molecular formula is C15H20N4O. The lowest BCUT2D eigenvalue weighted by molar-refractivity contribution is 0.398. The first-order chi connectivity index (χ1) is 9.80. The van der Waals surface area contributed by atoms with Gasteiger partial charge in [0.05, 0.1) is 12.8 Å². The summed E-state index contributed by atoms with van der Waals surface area (Å²) in [6.45, 7) is 5.15. The number of rotatable bonds is 6. The van der Waals surface area contributed by atoms with Crippen molar-refractivity contribution in [2.75, 3.05) is 19.0 Å². The summed E-state index contributed by atoms with van der Waals surface area (Å²) < 4.78 is 5.08. The average Bonchev–Trinajstić information content (AvgIpc) is 2.52. The number of pyridine rings is 1. The number of hydrogen-bond acceptors (Lipinski definition) is 5. The van der Waals surface area contributed by atoms with E-state index in [0.717, 1.165) is 42.0 Å². The van der Waals surface area contributed by atoms with Gasteiger partial charge in [0.1, 0.15) is 12.1 Å². The molecule has 1 N–H and O–H groups in total. The molecule has 106 valence electrons. The molecule has 0 aliphatic carbocycles. The normalized spacial score (nSPS) is 10.3. The van der Waals surface area contributed by atoms with Gasteiger partial charge in [-0.25, -0.2) is 15.0 Å². The van der Waals surface area contributed by atoms with E-state index in [1.54, 1.807) is 19.6 Å². The number of ether oxygens (including phenoxy) is 1. The zero-order valence-electron chi connectivity index (χ0n) is 12.2. The zero-order valence-corrected chi connectivity index (χ0v) is 12.2. The van der Waals surface area contributed by atoms with E-state index < -0.39 is 0 Å². The van der Waals surface area contributed by atoms with Crippen LogP contribution in [0.3, 0.4) is 0 Å². The number of aromatic nitrogens is 3. The smallest absolute Gasteiger partial charge is 0.212 e. The van der Waals surface area contributed by atoms with Gasteiger partial charge in [0.2, 0.25) is 5.88 Å². The van der Waals surface area contributed by atoms with E-state index in [1.807, 2.05) is 12.1 Å². The van der Waals surface area contributed by atoms with E-state index >= 15 is 0 Å². The fraction of sp³-hybridized carbons (Fsp3) is 0.400. The van der Waals surface area contributed by atoms with E-state index in [2.05, 4.69) is 34.1 Å². The minimum Gasteiger partial charge on any atom is -0.481 e. The molecule has 0 radical (unpaired) electrons. The largest absolute Gasteiger partial charge is 0.481 e. The van der Waals surface area contributed by atoms with E-state index in [9.17, 15) is 0 Å². The predicted octanol–water partition coefficient (Wildman–Crippen LogP) is 2.93. The summed E-state index contributed by atoms with van der Waals surface area (Å²) >= 11 is 0. The van der Waals surface area contributed by atoms with Gasteiger partial charge in [-0.3, -0.25) is 0 Å². The summed E-state index contributed by atoms with van der Waals surface area (Å²) in [4.78, 5) is 13.0. The molecule has 0 atom stereocenters. The monoisotopic (exact) mass is 272 g/mol. The number of nitrogens with zero attached hydrogens (tertiary/aromatic N) is 3. The van der Waals surface area contributed by atoms with E-state index in [4.69, 9.17) is 4.74 Å². The van der Waals surface area contributed by atoms with Crippen LogP contribution in [0.15, 0.2) is 24.7 Å². The molecule has 2 aromatic heterocycles.